The molecule has 1 rings (SSSR count). The highest BCUT2D eigenvalue weighted by molar-refractivity contribution is 5.76. The number of amides is 1. The second-order valence-corrected chi connectivity index (χ2v) is 4.88. The van der Waals surface area contributed by atoms with Crippen molar-refractivity contribution < 1.29 is 9.53 Å². The number of hydrogen-bond donors (Lipinski definition) is 1. The second kappa shape index (κ2) is 7.14. The van der Waals surface area contributed by atoms with Crippen molar-refractivity contribution in [2.45, 2.75) is 26.7 Å². The van der Waals surface area contributed by atoms with Crippen LogP contribution in [-0.4, -0.2) is 38.1 Å². The fourth-order valence-electron chi connectivity index (χ4n) is 2.25. The van der Waals surface area contributed by atoms with E-state index in [2.05, 4.69) is 19.1 Å². The van der Waals surface area contributed by atoms with Gasteiger partial charge in [-0.25, -0.2) is 0 Å². The van der Waals surface area contributed by atoms with E-state index in [4.69, 9.17) is 10.5 Å². The van der Waals surface area contributed by atoms with Crippen LogP contribution in [0.5, 0.6) is 5.75 Å². The molecule has 0 aliphatic rings. The molecule has 0 bridgehead atoms. The van der Waals surface area contributed by atoms with E-state index in [1.807, 2.05) is 14.0 Å². The normalized spacial score (nSPS) is 10.4. The molecule has 1 aromatic rings. The number of likely N-dealkylation sites (N-methyl/N-ethyl adjacent to an activating group) is 1. The maximum absolute atomic E-state index is 11.7. The van der Waals surface area contributed by atoms with Crippen LogP contribution in [-0.2, 0) is 11.2 Å². The van der Waals surface area contributed by atoms with Crippen molar-refractivity contribution >= 4 is 5.91 Å². The summed E-state index contributed by atoms with van der Waals surface area (Å²) in [4.78, 5) is 13.4. The molecule has 0 aliphatic carbocycles. The SMILES string of the molecule is COc1c(C)cc(C)cc1CCN(C)C(=O)CCN. The van der Waals surface area contributed by atoms with Gasteiger partial charge in [0.25, 0.3) is 0 Å². The van der Waals surface area contributed by atoms with E-state index in [0.29, 0.717) is 19.5 Å². The van der Waals surface area contributed by atoms with Crippen LogP contribution in [0.25, 0.3) is 0 Å². The molecule has 0 atom stereocenters. The summed E-state index contributed by atoms with van der Waals surface area (Å²) < 4.78 is 5.45. The lowest BCUT2D eigenvalue weighted by Gasteiger charge is -2.19. The monoisotopic (exact) mass is 264 g/mol. The molecule has 0 aromatic heterocycles. The zero-order valence-corrected chi connectivity index (χ0v) is 12.3. The third-order valence-electron chi connectivity index (χ3n) is 3.20. The van der Waals surface area contributed by atoms with Gasteiger partial charge < -0.3 is 15.4 Å². The average Bonchev–Trinajstić information content (AvgIpc) is 2.35. The van der Waals surface area contributed by atoms with E-state index in [1.165, 1.54) is 5.56 Å². The van der Waals surface area contributed by atoms with E-state index in [0.717, 1.165) is 23.3 Å². The lowest BCUT2D eigenvalue weighted by molar-refractivity contribution is -0.129. The smallest absolute Gasteiger partial charge is 0.223 e. The van der Waals surface area contributed by atoms with Crippen molar-refractivity contribution in [1.29, 1.82) is 0 Å². The van der Waals surface area contributed by atoms with Crippen molar-refractivity contribution in [3.05, 3.63) is 28.8 Å². The minimum Gasteiger partial charge on any atom is -0.496 e. The number of ether oxygens (including phenoxy) is 1. The molecule has 4 heteroatoms. The Kier molecular flexibility index (Phi) is 5.83. The molecule has 2 N–H and O–H groups in total. The molecule has 106 valence electrons. The van der Waals surface area contributed by atoms with Crippen LogP contribution in [0, 0.1) is 13.8 Å². The van der Waals surface area contributed by atoms with E-state index in [9.17, 15) is 4.79 Å². The van der Waals surface area contributed by atoms with Crippen molar-refractivity contribution in [1.82, 2.24) is 4.90 Å². The number of carbonyl (C=O) groups excluding carboxylic acids is 1. The van der Waals surface area contributed by atoms with Gasteiger partial charge in [-0.2, -0.15) is 0 Å². The third kappa shape index (κ3) is 4.24. The number of benzene rings is 1. The summed E-state index contributed by atoms with van der Waals surface area (Å²) in [5.41, 5.74) is 8.88. The van der Waals surface area contributed by atoms with E-state index in [1.54, 1.807) is 12.0 Å². The molecule has 0 saturated carbocycles. The molecule has 0 radical (unpaired) electrons. The zero-order chi connectivity index (χ0) is 14.4. The molecule has 0 fully saturated rings. The van der Waals surface area contributed by atoms with Crippen molar-refractivity contribution in [3.63, 3.8) is 0 Å². The predicted octanol–water partition coefficient (Wildman–Crippen LogP) is 1.66. The standard InChI is InChI=1S/C15H24N2O2/c1-11-9-12(2)15(19-4)13(10-11)6-8-17(3)14(18)5-7-16/h9-10H,5-8,16H2,1-4H3. The highest BCUT2D eigenvalue weighted by Gasteiger charge is 2.11. The number of aryl methyl sites for hydroxylation is 2. The van der Waals surface area contributed by atoms with Crippen LogP contribution < -0.4 is 10.5 Å². The van der Waals surface area contributed by atoms with E-state index >= 15 is 0 Å². The Bertz CT molecular complexity index is 444. The van der Waals surface area contributed by atoms with Gasteiger partial charge in [-0.3, -0.25) is 4.79 Å². The molecule has 4 nitrogen and oxygen atoms in total. The van der Waals surface area contributed by atoms with Crippen LogP contribution in [0.1, 0.15) is 23.1 Å². The van der Waals surface area contributed by atoms with Gasteiger partial charge in [-0.1, -0.05) is 17.7 Å². The Morgan fingerprint density at radius 2 is 2.05 bits per heavy atom. The minimum absolute atomic E-state index is 0.0887. The van der Waals surface area contributed by atoms with Gasteiger partial charge in [-0.05, 0) is 31.4 Å². The van der Waals surface area contributed by atoms with Crippen LogP contribution >= 0.6 is 0 Å². The van der Waals surface area contributed by atoms with Gasteiger partial charge in [0.1, 0.15) is 5.75 Å². The molecule has 1 amide bonds. The number of carbonyl (C=O) groups is 1. The van der Waals surface area contributed by atoms with Gasteiger partial charge in [0.2, 0.25) is 5.91 Å². The van der Waals surface area contributed by atoms with Crippen LogP contribution in [0.2, 0.25) is 0 Å². The van der Waals surface area contributed by atoms with Crippen LogP contribution in [0.3, 0.4) is 0 Å². The summed E-state index contributed by atoms with van der Waals surface area (Å²) in [6, 6.07) is 4.22. The number of methoxy groups -OCH3 is 1. The van der Waals surface area contributed by atoms with Gasteiger partial charge in [0.15, 0.2) is 0 Å². The van der Waals surface area contributed by atoms with Crippen molar-refractivity contribution in [3.8, 4) is 5.75 Å². The molecule has 0 aliphatic heterocycles. The quantitative estimate of drug-likeness (QED) is 0.850. The first-order chi connectivity index (χ1) is 8.99. The van der Waals surface area contributed by atoms with Gasteiger partial charge >= 0.3 is 0 Å². The largest absolute Gasteiger partial charge is 0.496 e. The molecule has 0 saturated heterocycles. The first kappa shape index (κ1) is 15.5. The number of hydrogen-bond acceptors (Lipinski definition) is 3. The third-order valence-corrected chi connectivity index (χ3v) is 3.20. The number of nitrogens with zero attached hydrogens (tertiary/aromatic N) is 1. The molecular formula is C15H24N2O2. The molecular weight excluding hydrogens is 240 g/mol. The van der Waals surface area contributed by atoms with Gasteiger partial charge in [-0.15, -0.1) is 0 Å². The fraction of sp³-hybridized carbons (Fsp3) is 0.533. The highest BCUT2D eigenvalue weighted by atomic mass is 16.5. The maximum atomic E-state index is 11.7. The fourth-order valence-corrected chi connectivity index (χ4v) is 2.25. The lowest BCUT2D eigenvalue weighted by atomic mass is 10.0. The van der Waals surface area contributed by atoms with Crippen LogP contribution in [0.15, 0.2) is 12.1 Å². The zero-order valence-electron chi connectivity index (χ0n) is 12.3. The Hall–Kier alpha value is -1.55. The maximum Gasteiger partial charge on any atom is 0.223 e. The summed E-state index contributed by atoms with van der Waals surface area (Å²) in [5, 5.41) is 0. The first-order valence-corrected chi connectivity index (χ1v) is 6.57. The Labute approximate surface area is 115 Å². The lowest BCUT2D eigenvalue weighted by Crippen LogP contribution is -2.30. The van der Waals surface area contributed by atoms with Crippen molar-refractivity contribution in [2.24, 2.45) is 5.73 Å². The van der Waals surface area contributed by atoms with E-state index in [-0.39, 0.29) is 5.91 Å². The molecule has 1 aromatic carbocycles. The summed E-state index contributed by atoms with van der Waals surface area (Å²) in [7, 11) is 3.50. The Morgan fingerprint density at radius 3 is 2.63 bits per heavy atom. The highest BCUT2D eigenvalue weighted by Crippen LogP contribution is 2.25. The topological polar surface area (TPSA) is 55.6 Å². The molecule has 0 heterocycles. The molecule has 0 unspecified atom stereocenters. The first-order valence-electron chi connectivity index (χ1n) is 6.57. The van der Waals surface area contributed by atoms with Gasteiger partial charge in [0.05, 0.1) is 7.11 Å². The van der Waals surface area contributed by atoms with Gasteiger partial charge in [0, 0.05) is 26.6 Å². The average molecular weight is 264 g/mol. The predicted molar refractivity (Wildman–Crippen MR) is 77.5 cm³/mol. The summed E-state index contributed by atoms with van der Waals surface area (Å²) in [6.07, 6.45) is 1.19. The summed E-state index contributed by atoms with van der Waals surface area (Å²) in [6.45, 7) is 5.19. The minimum atomic E-state index is 0.0887. The second-order valence-electron chi connectivity index (χ2n) is 4.88. The Balaban J connectivity index is 2.74. The van der Waals surface area contributed by atoms with Crippen molar-refractivity contribution in [2.75, 3.05) is 27.2 Å². The molecule has 19 heavy (non-hydrogen) atoms. The Morgan fingerprint density at radius 1 is 1.37 bits per heavy atom. The van der Waals surface area contributed by atoms with Crippen LogP contribution in [0.4, 0.5) is 0 Å². The number of nitrogens with two attached hydrogens (primary N) is 1. The van der Waals surface area contributed by atoms with E-state index < -0.39 is 0 Å². The summed E-state index contributed by atoms with van der Waals surface area (Å²) >= 11 is 0. The summed E-state index contributed by atoms with van der Waals surface area (Å²) in [5.74, 6) is 1.01. The molecule has 0 spiro atoms. The number of rotatable bonds is 6.